The molecule has 0 spiro atoms. The van der Waals surface area contributed by atoms with Gasteiger partial charge in [0.25, 0.3) is 0 Å². The highest BCUT2D eigenvalue weighted by atomic mass is 16.7. The number of nitrogens with zero attached hydrogens (tertiary/aromatic N) is 2. The standard InChI is InChI=1S/C17H25N3O5/c1-3-4-5-6-13(10-20(23)11-21)17(22)18-19(2)14-7-8-15-16(9-14)25-12-24-15/h7-9,11,13,23H,3-6,10,12H2,1-2H3,(H,18,22). The highest BCUT2D eigenvalue weighted by Gasteiger charge is 2.22. The number of fused-ring (bicyclic) bond motifs is 1. The summed E-state index contributed by atoms with van der Waals surface area (Å²) in [7, 11) is 1.72. The highest BCUT2D eigenvalue weighted by Crippen LogP contribution is 2.34. The third kappa shape index (κ3) is 5.25. The van der Waals surface area contributed by atoms with Crippen LogP contribution in [0.4, 0.5) is 5.69 Å². The Morgan fingerprint density at radius 2 is 2.12 bits per heavy atom. The van der Waals surface area contributed by atoms with Crippen molar-refractivity contribution in [3.05, 3.63) is 18.2 Å². The van der Waals surface area contributed by atoms with Gasteiger partial charge in [-0.3, -0.25) is 25.2 Å². The molecule has 0 aromatic heterocycles. The van der Waals surface area contributed by atoms with Crippen molar-refractivity contribution >= 4 is 18.0 Å². The second-order valence-corrected chi connectivity index (χ2v) is 5.99. The molecule has 0 bridgehead atoms. The Morgan fingerprint density at radius 1 is 1.36 bits per heavy atom. The van der Waals surface area contributed by atoms with E-state index < -0.39 is 5.92 Å². The molecule has 0 radical (unpaired) electrons. The quantitative estimate of drug-likeness (QED) is 0.290. The SMILES string of the molecule is CCCCCC(CN(O)C=O)C(=O)NN(C)c1ccc2c(c1)OCO2. The lowest BCUT2D eigenvalue weighted by Crippen LogP contribution is -2.45. The summed E-state index contributed by atoms with van der Waals surface area (Å²) < 4.78 is 10.6. The molecule has 1 heterocycles. The highest BCUT2D eigenvalue weighted by molar-refractivity contribution is 5.81. The summed E-state index contributed by atoms with van der Waals surface area (Å²) in [6, 6.07) is 5.36. The summed E-state index contributed by atoms with van der Waals surface area (Å²) >= 11 is 0. The fraction of sp³-hybridized carbons (Fsp3) is 0.529. The van der Waals surface area contributed by atoms with Gasteiger partial charge in [0.1, 0.15) is 0 Å². The minimum atomic E-state index is -0.488. The van der Waals surface area contributed by atoms with Crippen LogP contribution in [0.3, 0.4) is 0 Å². The number of hydrazine groups is 1. The van der Waals surface area contributed by atoms with Gasteiger partial charge in [0.2, 0.25) is 19.1 Å². The molecule has 8 nitrogen and oxygen atoms in total. The van der Waals surface area contributed by atoms with E-state index in [4.69, 9.17) is 9.47 Å². The van der Waals surface area contributed by atoms with Crippen LogP contribution in [0.5, 0.6) is 11.5 Å². The minimum Gasteiger partial charge on any atom is -0.454 e. The maximum atomic E-state index is 12.5. The molecule has 2 amide bonds. The van der Waals surface area contributed by atoms with Crippen molar-refractivity contribution in [2.24, 2.45) is 5.92 Å². The third-order valence-electron chi connectivity index (χ3n) is 4.08. The zero-order valence-electron chi connectivity index (χ0n) is 14.6. The number of hydrogen-bond acceptors (Lipinski definition) is 6. The zero-order chi connectivity index (χ0) is 18.2. The predicted octanol–water partition coefficient (Wildman–Crippen LogP) is 1.93. The number of rotatable bonds is 10. The van der Waals surface area contributed by atoms with Crippen molar-refractivity contribution in [1.82, 2.24) is 10.5 Å². The number of hydroxylamine groups is 2. The Hall–Kier alpha value is -2.48. The fourth-order valence-electron chi connectivity index (χ4n) is 2.63. The average Bonchev–Trinajstić information content (AvgIpc) is 3.08. The molecule has 1 aromatic carbocycles. The lowest BCUT2D eigenvalue weighted by atomic mass is 10.0. The van der Waals surface area contributed by atoms with E-state index in [0.717, 1.165) is 24.9 Å². The van der Waals surface area contributed by atoms with E-state index in [0.29, 0.717) is 29.4 Å². The van der Waals surface area contributed by atoms with Crippen molar-refractivity contribution < 1.29 is 24.3 Å². The molecule has 1 unspecified atom stereocenters. The minimum absolute atomic E-state index is 0.0337. The molecule has 1 aromatic rings. The summed E-state index contributed by atoms with van der Waals surface area (Å²) in [5.74, 6) is 0.554. The number of unbranched alkanes of at least 4 members (excludes halogenated alkanes) is 2. The van der Waals surface area contributed by atoms with E-state index in [1.54, 1.807) is 24.2 Å². The third-order valence-corrected chi connectivity index (χ3v) is 4.08. The van der Waals surface area contributed by atoms with Gasteiger partial charge in [-0.15, -0.1) is 0 Å². The average molecular weight is 351 g/mol. The molecule has 1 atom stereocenters. The van der Waals surface area contributed by atoms with Crippen molar-refractivity contribution in [3.8, 4) is 11.5 Å². The molecule has 0 aliphatic carbocycles. The molecule has 0 fully saturated rings. The number of nitrogens with one attached hydrogen (secondary N) is 1. The summed E-state index contributed by atoms with van der Waals surface area (Å²) in [4.78, 5) is 23.2. The summed E-state index contributed by atoms with van der Waals surface area (Å²) in [6.45, 7) is 2.23. The number of benzene rings is 1. The number of carbonyl (C=O) groups excluding carboxylic acids is 2. The van der Waals surface area contributed by atoms with Crippen molar-refractivity contribution in [2.45, 2.75) is 32.6 Å². The summed E-state index contributed by atoms with van der Waals surface area (Å²) in [5.41, 5.74) is 3.53. The molecule has 1 aliphatic heterocycles. The van der Waals surface area contributed by atoms with Crippen LogP contribution in [-0.4, -0.2) is 43.0 Å². The molecule has 0 saturated heterocycles. The largest absolute Gasteiger partial charge is 0.454 e. The van der Waals surface area contributed by atoms with E-state index in [2.05, 4.69) is 12.3 Å². The first-order valence-corrected chi connectivity index (χ1v) is 8.39. The maximum absolute atomic E-state index is 12.5. The Morgan fingerprint density at radius 3 is 2.84 bits per heavy atom. The molecule has 2 rings (SSSR count). The number of carbonyl (C=O) groups is 2. The van der Waals surface area contributed by atoms with E-state index in [1.165, 1.54) is 0 Å². The number of amides is 2. The van der Waals surface area contributed by atoms with Crippen LogP contribution in [0.2, 0.25) is 0 Å². The van der Waals surface area contributed by atoms with Crippen LogP contribution in [-0.2, 0) is 9.59 Å². The van der Waals surface area contributed by atoms with Gasteiger partial charge in [0.05, 0.1) is 18.2 Å². The smallest absolute Gasteiger partial charge is 0.243 e. The van der Waals surface area contributed by atoms with Crippen LogP contribution in [0.25, 0.3) is 0 Å². The first kappa shape index (κ1) is 18.9. The van der Waals surface area contributed by atoms with E-state index >= 15 is 0 Å². The predicted molar refractivity (Wildman–Crippen MR) is 91.3 cm³/mol. The van der Waals surface area contributed by atoms with Gasteiger partial charge in [-0.25, -0.2) is 5.06 Å². The fourth-order valence-corrected chi connectivity index (χ4v) is 2.63. The van der Waals surface area contributed by atoms with Crippen LogP contribution >= 0.6 is 0 Å². The normalized spacial score (nSPS) is 13.2. The van der Waals surface area contributed by atoms with Crippen LogP contribution in [0.15, 0.2) is 18.2 Å². The van der Waals surface area contributed by atoms with Gasteiger partial charge in [-0.05, 0) is 18.6 Å². The molecule has 8 heteroatoms. The van der Waals surface area contributed by atoms with Gasteiger partial charge in [0, 0.05) is 13.1 Å². The number of anilines is 1. The Balaban J connectivity index is 1.98. The second-order valence-electron chi connectivity index (χ2n) is 5.99. The molecule has 1 aliphatic rings. The Bertz CT molecular complexity index is 596. The summed E-state index contributed by atoms with van der Waals surface area (Å²) in [6.07, 6.45) is 3.78. The number of ether oxygens (including phenoxy) is 2. The van der Waals surface area contributed by atoms with Gasteiger partial charge in [-0.1, -0.05) is 26.2 Å². The first-order valence-electron chi connectivity index (χ1n) is 8.39. The van der Waals surface area contributed by atoms with Gasteiger partial charge in [0.15, 0.2) is 11.5 Å². The maximum Gasteiger partial charge on any atom is 0.243 e. The summed E-state index contributed by atoms with van der Waals surface area (Å²) in [5, 5.41) is 11.5. The number of hydrogen-bond donors (Lipinski definition) is 2. The monoisotopic (exact) mass is 351 g/mol. The molecule has 25 heavy (non-hydrogen) atoms. The first-order chi connectivity index (χ1) is 12.0. The molecule has 138 valence electrons. The van der Waals surface area contributed by atoms with Gasteiger partial charge < -0.3 is 9.47 Å². The van der Waals surface area contributed by atoms with Gasteiger partial charge >= 0.3 is 0 Å². The topological polar surface area (TPSA) is 91.3 Å². The van der Waals surface area contributed by atoms with E-state index in [1.807, 2.05) is 6.07 Å². The van der Waals surface area contributed by atoms with Crippen LogP contribution < -0.4 is 19.9 Å². The Kier molecular flexibility index (Phi) is 6.88. The van der Waals surface area contributed by atoms with Crippen molar-refractivity contribution in [3.63, 3.8) is 0 Å². The molecule has 2 N–H and O–H groups in total. The van der Waals surface area contributed by atoms with Gasteiger partial charge in [-0.2, -0.15) is 0 Å². The zero-order valence-corrected chi connectivity index (χ0v) is 14.6. The molecular formula is C17H25N3O5. The van der Waals surface area contributed by atoms with Crippen molar-refractivity contribution in [1.29, 1.82) is 0 Å². The Labute approximate surface area is 147 Å². The molecular weight excluding hydrogens is 326 g/mol. The second kappa shape index (κ2) is 9.12. The van der Waals surface area contributed by atoms with Crippen LogP contribution in [0.1, 0.15) is 32.6 Å². The lowest BCUT2D eigenvalue weighted by Gasteiger charge is -2.25. The molecule has 0 saturated carbocycles. The van der Waals surface area contributed by atoms with E-state index in [9.17, 15) is 14.8 Å². The lowest BCUT2D eigenvalue weighted by molar-refractivity contribution is -0.154. The van der Waals surface area contributed by atoms with E-state index in [-0.39, 0.29) is 19.2 Å². The van der Waals surface area contributed by atoms with Crippen molar-refractivity contribution in [2.75, 3.05) is 25.4 Å². The van der Waals surface area contributed by atoms with Crippen LogP contribution in [0, 0.1) is 5.92 Å².